The number of amides is 1. The first kappa shape index (κ1) is 16.2. The maximum Gasteiger partial charge on any atom is 0.275 e. The largest absolute Gasteiger partial charge is 0.507 e. The van der Waals surface area contributed by atoms with E-state index in [1.807, 2.05) is 0 Å². The van der Waals surface area contributed by atoms with E-state index in [9.17, 15) is 9.90 Å². The van der Waals surface area contributed by atoms with E-state index in [1.165, 1.54) is 18.3 Å². The van der Waals surface area contributed by atoms with Crippen LogP contribution < -0.4 is 14.9 Å². The molecule has 1 aliphatic rings. The number of phenols is 1. The molecule has 1 aliphatic heterocycles. The third kappa shape index (κ3) is 3.00. The molecule has 0 fully saturated rings. The standard InChI is InChI=1S/C18H12ClN3O4/c19-17-11(8-20-22-18(24)12-3-1-2-4-14(12)23)5-10-6-15-16(26-9-25-15)7-13(10)21-17/h1-8,23H,9H2,(H,22,24)/b20-8+. The lowest BCUT2D eigenvalue weighted by Gasteiger charge is -2.04. The highest BCUT2D eigenvalue weighted by molar-refractivity contribution is 6.32. The fourth-order valence-electron chi connectivity index (χ4n) is 2.53. The number of nitrogens with one attached hydrogen (secondary N) is 1. The highest BCUT2D eigenvalue weighted by Crippen LogP contribution is 2.36. The number of hydrogen-bond acceptors (Lipinski definition) is 6. The molecular weight excluding hydrogens is 358 g/mol. The number of pyridine rings is 1. The molecule has 0 saturated heterocycles. The Bertz CT molecular complexity index is 1050. The van der Waals surface area contributed by atoms with Gasteiger partial charge in [-0.25, -0.2) is 10.4 Å². The highest BCUT2D eigenvalue weighted by Gasteiger charge is 2.16. The Balaban J connectivity index is 1.57. The van der Waals surface area contributed by atoms with E-state index in [2.05, 4.69) is 15.5 Å². The second-order valence-corrected chi connectivity index (χ2v) is 5.84. The molecule has 0 atom stereocenters. The van der Waals surface area contributed by atoms with Crippen LogP contribution in [-0.2, 0) is 0 Å². The molecule has 1 amide bonds. The average Bonchev–Trinajstić information content (AvgIpc) is 3.07. The first-order valence-electron chi connectivity index (χ1n) is 7.63. The molecule has 0 spiro atoms. The van der Waals surface area contributed by atoms with Crippen LogP contribution in [0.2, 0.25) is 5.15 Å². The van der Waals surface area contributed by atoms with Crippen molar-refractivity contribution in [3.63, 3.8) is 0 Å². The molecule has 0 aliphatic carbocycles. The lowest BCUT2D eigenvalue weighted by molar-refractivity contribution is 0.0952. The SMILES string of the molecule is O=C(N/N=C/c1cc2cc3c(cc2nc1Cl)OCO3)c1ccccc1O. The van der Waals surface area contributed by atoms with Gasteiger partial charge < -0.3 is 14.6 Å². The minimum absolute atomic E-state index is 0.123. The predicted octanol–water partition coefficient (Wildman–Crippen LogP) is 3.09. The van der Waals surface area contributed by atoms with E-state index in [0.29, 0.717) is 22.6 Å². The second kappa shape index (κ2) is 6.53. The van der Waals surface area contributed by atoms with Crippen LogP contribution in [-0.4, -0.2) is 29.0 Å². The van der Waals surface area contributed by atoms with Crippen LogP contribution in [0.3, 0.4) is 0 Å². The molecule has 7 nitrogen and oxygen atoms in total. The van der Waals surface area contributed by atoms with E-state index in [1.54, 1.807) is 30.3 Å². The molecule has 2 N–H and O–H groups in total. The van der Waals surface area contributed by atoms with Gasteiger partial charge in [0.2, 0.25) is 6.79 Å². The van der Waals surface area contributed by atoms with Gasteiger partial charge in [-0.1, -0.05) is 23.7 Å². The zero-order chi connectivity index (χ0) is 18.1. The van der Waals surface area contributed by atoms with Gasteiger partial charge in [-0.05, 0) is 24.3 Å². The van der Waals surface area contributed by atoms with Gasteiger partial charge in [0.05, 0.1) is 17.3 Å². The molecule has 2 aromatic carbocycles. The summed E-state index contributed by atoms with van der Waals surface area (Å²) in [6, 6.07) is 11.5. The van der Waals surface area contributed by atoms with E-state index >= 15 is 0 Å². The Labute approximate surface area is 152 Å². The van der Waals surface area contributed by atoms with Gasteiger partial charge in [0.15, 0.2) is 11.5 Å². The lowest BCUT2D eigenvalue weighted by Crippen LogP contribution is -2.17. The topological polar surface area (TPSA) is 93.0 Å². The molecule has 4 rings (SSSR count). The van der Waals surface area contributed by atoms with Crippen molar-refractivity contribution in [1.29, 1.82) is 0 Å². The number of benzene rings is 2. The van der Waals surface area contributed by atoms with Crippen LogP contribution in [0.5, 0.6) is 17.2 Å². The van der Waals surface area contributed by atoms with Crippen molar-refractivity contribution in [2.24, 2.45) is 5.10 Å². The maximum atomic E-state index is 12.0. The summed E-state index contributed by atoms with van der Waals surface area (Å²) in [6.07, 6.45) is 1.39. The Morgan fingerprint density at radius 3 is 2.81 bits per heavy atom. The minimum atomic E-state index is -0.535. The van der Waals surface area contributed by atoms with Crippen molar-refractivity contribution in [3.05, 3.63) is 58.7 Å². The highest BCUT2D eigenvalue weighted by atomic mass is 35.5. The summed E-state index contributed by atoms with van der Waals surface area (Å²) in [4.78, 5) is 16.3. The summed E-state index contributed by atoms with van der Waals surface area (Å²) in [7, 11) is 0. The third-order valence-corrected chi connectivity index (χ3v) is 4.11. The predicted molar refractivity (Wildman–Crippen MR) is 96.0 cm³/mol. The number of para-hydroxylation sites is 1. The number of carbonyl (C=O) groups is 1. The third-order valence-electron chi connectivity index (χ3n) is 3.81. The van der Waals surface area contributed by atoms with E-state index in [4.69, 9.17) is 21.1 Å². The van der Waals surface area contributed by atoms with Crippen molar-refractivity contribution in [3.8, 4) is 17.2 Å². The molecular formula is C18H12ClN3O4. The summed E-state index contributed by atoms with van der Waals surface area (Å²) >= 11 is 6.18. The average molecular weight is 370 g/mol. The molecule has 0 saturated carbocycles. The van der Waals surface area contributed by atoms with Gasteiger partial charge in [-0.15, -0.1) is 0 Å². The molecule has 0 bridgehead atoms. The van der Waals surface area contributed by atoms with Gasteiger partial charge in [0.25, 0.3) is 5.91 Å². The molecule has 0 unspecified atom stereocenters. The number of halogens is 1. The van der Waals surface area contributed by atoms with Crippen LogP contribution >= 0.6 is 11.6 Å². The van der Waals surface area contributed by atoms with E-state index in [0.717, 1.165) is 5.39 Å². The number of hydrogen-bond donors (Lipinski definition) is 2. The lowest BCUT2D eigenvalue weighted by atomic mass is 10.1. The fourth-order valence-corrected chi connectivity index (χ4v) is 2.73. The molecule has 0 radical (unpaired) electrons. The Morgan fingerprint density at radius 2 is 2.00 bits per heavy atom. The molecule has 26 heavy (non-hydrogen) atoms. The van der Waals surface area contributed by atoms with Gasteiger partial charge in [0.1, 0.15) is 10.9 Å². The number of rotatable bonds is 3. The zero-order valence-corrected chi connectivity index (χ0v) is 14.0. The summed E-state index contributed by atoms with van der Waals surface area (Å²) in [5.74, 6) is 0.601. The summed E-state index contributed by atoms with van der Waals surface area (Å²) in [6.45, 7) is 0.173. The number of nitrogens with zero attached hydrogens (tertiary/aromatic N) is 2. The van der Waals surface area contributed by atoms with Crippen molar-refractivity contribution in [2.45, 2.75) is 0 Å². The Hall–Kier alpha value is -3.32. The molecule has 130 valence electrons. The summed E-state index contributed by atoms with van der Waals surface area (Å²) < 4.78 is 10.7. The zero-order valence-electron chi connectivity index (χ0n) is 13.3. The van der Waals surface area contributed by atoms with Crippen molar-refractivity contribution < 1.29 is 19.4 Å². The quantitative estimate of drug-likeness (QED) is 0.420. The number of fused-ring (bicyclic) bond motifs is 2. The number of aromatic hydroxyl groups is 1. The molecule has 1 aromatic heterocycles. The van der Waals surface area contributed by atoms with Crippen molar-refractivity contribution in [2.75, 3.05) is 6.79 Å². The summed E-state index contributed by atoms with van der Waals surface area (Å²) in [5.41, 5.74) is 3.66. The molecule has 3 aromatic rings. The number of aromatic nitrogens is 1. The van der Waals surface area contributed by atoms with Crippen LogP contribution in [0.15, 0.2) is 47.6 Å². The number of carbonyl (C=O) groups excluding carboxylic acids is 1. The number of hydrazone groups is 1. The van der Waals surface area contributed by atoms with Crippen LogP contribution in [0.4, 0.5) is 0 Å². The second-order valence-electron chi connectivity index (χ2n) is 5.48. The Kier molecular flexibility index (Phi) is 4.06. The first-order chi connectivity index (χ1) is 12.6. The summed E-state index contributed by atoms with van der Waals surface area (Å²) in [5, 5.41) is 14.6. The van der Waals surface area contributed by atoms with Gasteiger partial charge in [-0.2, -0.15) is 5.10 Å². The number of phenolic OH excluding ortho intramolecular Hbond substituents is 1. The first-order valence-corrected chi connectivity index (χ1v) is 8.01. The molecule has 2 heterocycles. The van der Waals surface area contributed by atoms with Crippen LogP contribution in [0, 0.1) is 0 Å². The Morgan fingerprint density at radius 1 is 1.23 bits per heavy atom. The van der Waals surface area contributed by atoms with Gasteiger partial charge >= 0.3 is 0 Å². The maximum absolute atomic E-state index is 12.0. The van der Waals surface area contributed by atoms with Gasteiger partial charge in [-0.3, -0.25) is 4.79 Å². The van der Waals surface area contributed by atoms with E-state index in [-0.39, 0.29) is 23.3 Å². The van der Waals surface area contributed by atoms with Crippen LogP contribution in [0.1, 0.15) is 15.9 Å². The molecule has 8 heteroatoms. The van der Waals surface area contributed by atoms with Crippen molar-refractivity contribution >= 4 is 34.6 Å². The van der Waals surface area contributed by atoms with E-state index < -0.39 is 5.91 Å². The fraction of sp³-hybridized carbons (Fsp3) is 0.0556. The monoisotopic (exact) mass is 369 g/mol. The minimum Gasteiger partial charge on any atom is -0.507 e. The normalized spacial score (nSPS) is 12.7. The van der Waals surface area contributed by atoms with Crippen molar-refractivity contribution in [1.82, 2.24) is 10.4 Å². The van der Waals surface area contributed by atoms with Crippen LogP contribution in [0.25, 0.3) is 10.9 Å². The smallest absolute Gasteiger partial charge is 0.275 e. The van der Waals surface area contributed by atoms with Gasteiger partial charge in [0, 0.05) is 17.0 Å². The number of ether oxygens (including phenoxy) is 2.